The van der Waals surface area contributed by atoms with Gasteiger partial charge in [0.05, 0.1) is 15.8 Å². The molecule has 4 nitrogen and oxygen atoms in total. The lowest BCUT2D eigenvalue weighted by Gasteiger charge is -2.17. The summed E-state index contributed by atoms with van der Waals surface area (Å²) in [6.45, 7) is 4.03. The van der Waals surface area contributed by atoms with E-state index in [1.165, 1.54) is 0 Å². The molecule has 0 fully saturated rings. The van der Waals surface area contributed by atoms with Gasteiger partial charge in [0.1, 0.15) is 0 Å². The molecule has 0 bridgehead atoms. The number of carbonyl (C=O) groups is 1. The van der Waals surface area contributed by atoms with Gasteiger partial charge in [-0.3, -0.25) is 0 Å². The van der Waals surface area contributed by atoms with Crippen molar-refractivity contribution in [3.05, 3.63) is 22.4 Å². The van der Waals surface area contributed by atoms with Crippen LogP contribution >= 0.6 is 15.9 Å². The smallest absolute Gasteiger partial charge is 0.337 e. The Labute approximate surface area is 96.7 Å². The monoisotopic (exact) mass is 275 g/mol. The quantitative estimate of drug-likeness (QED) is 0.885. The summed E-state index contributed by atoms with van der Waals surface area (Å²) in [5, 5.41) is 18.3. The Morgan fingerprint density at radius 2 is 2.20 bits per heavy atom. The second-order valence-corrected chi connectivity index (χ2v) is 4.92. The van der Waals surface area contributed by atoms with Gasteiger partial charge in [0.15, 0.2) is 0 Å². The highest BCUT2D eigenvalue weighted by Crippen LogP contribution is 2.18. The van der Waals surface area contributed by atoms with Crippen LogP contribution in [0.3, 0.4) is 0 Å². The molecule has 0 saturated heterocycles. The fraction of sp³-hybridized carbons (Fsp3) is 0.500. The number of carboxylic acids is 1. The second kappa shape index (κ2) is 4.37. The van der Waals surface area contributed by atoms with Crippen molar-refractivity contribution in [2.24, 2.45) is 0 Å². The van der Waals surface area contributed by atoms with Gasteiger partial charge in [0.2, 0.25) is 0 Å². The first-order valence-electron chi connectivity index (χ1n) is 4.61. The first kappa shape index (κ1) is 12.3. The summed E-state index contributed by atoms with van der Waals surface area (Å²) in [6.07, 6.45) is 2.12. The van der Waals surface area contributed by atoms with Crippen LogP contribution < -0.4 is 0 Å². The van der Waals surface area contributed by atoms with Gasteiger partial charge in [0, 0.05) is 12.7 Å². The maximum Gasteiger partial charge on any atom is 0.337 e. The molecule has 0 spiro atoms. The number of aliphatic hydroxyl groups is 1. The topological polar surface area (TPSA) is 62.5 Å². The number of carboxylic acid groups (broad SMARTS) is 1. The van der Waals surface area contributed by atoms with Crippen molar-refractivity contribution < 1.29 is 15.0 Å². The Balaban J connectivity index is 2.74. The SMILES string of the molecule is CC(C)(O)CCn1cc(C(=O)O)cc1Br. The van der Waals surface area contributed by atoms with Crippen LogP contribution in [0.2, 0.25) is 0 Å². The van der Waals surface area contributed by atoms with E-state index in [0.717, 1.165) is 0 Å². The molecule has 0 amide bonds. The third-order valence-corrected chi connectivity index (χ3v) is 2.74. The highest BCUT2D eigenvalue weighted by molar-refractivity contribution is 9.10. The Morgan fingerprint density at radius 1 is 1.60 bits per heavy atom. The number of hydrogen-bond donors (Lipinski definition) is 2. The zero-order valence-electron chi connectivity index (χ0n) is 8.70. The summed E-state index contributed by atoms with van der Waals surface area (Å²) in [5.74, 6) is -0.947. The van der Waals surface area contributed by atoms with E-state index in [4.69, 9.17) is 5.11 Å². The number of halogens is 1. The molecule has 5 heteroatoms. The highest BCUT2D eigenvalue weighted by Gasteiger charge is 2.14. The summed E-state index contributed by atoms with van der Waals surface area (Å²) in [5.41, 5.74) is -0.495. The first-order valence-corrected chi connectivity index (χ1v) is 5.40. The molecule has 0 aliphatic rings. The second-order valence-electron chi connectivity index (χ2n) is 4.11. The molecule has 0 aliphatic carbocycles. The molecule has 2 N–H and O–H groups in total. The number of aryl methyl sites for hydroxylation is 1. The number of aromatic carboxylic acids is 1. The summed E-state index contributed by atoms with van der Waals surface area (Å²) in [4.78, 5) is 10.7. The predicted octanol–water partition coefficient (Wildman–Crippen LogP) is 2.11. The molecule has 0 aromatic carbocycles. The molecule has 0 aliphatic heterocycles. The fourth-order valence-corrected chi connectivity index (χ4v) is 1.69. The average Bonchev–Trinajstić information content (AvgIpc) is 2.42. The minimum Gasteiger partial charge on any atom is -0.478 e. The number of rotatable bonds is 4. The maximum atomic E-state index is 10.7. The van der Waals surface area contributed by atoms with Gasteiger partial charge < -0.3 is 14.8 Å². The third kappa shape index (κ3) is 3.68. The molecule has 15 heavy (non-hydrogen) atoms. The standard InChI is InChI=1S/C10H14BrNO3/c1-10(2,15)3-4-12-6-7(9(13)14)5-8(12)11/h5-6,15H,3-4H2,1-2H3,(H,13,14). The minimum atomic E-state index is -0.947. The molecule has 0 atom stereocenters. The van der Waals surface area contributed by atoms with Crippen molar-refractivity contribution in [3.63, 3.8) is 0 Å². The highest BCUT2D eigenvalue weighted by atomic mass is 79.9. The molecule has 0 radical (unpaired) electrons. The van der Waals surface area contributed by atoms with E-state index in [1.807, 2.05) is 0 Å². The van der Waals surface area contributed by atoms with E-state index in [-0.39, 0.29) is 5.56 Å². The van der Waals surface area contributed by atoms with E-state index < -0.39 is 11.6 Å². The van der Waals surface area contributed by atoms with Crippen LogP contribution in [0.1, 0.15) is 30.6 Å². The zero-order valence-corrected chi connectivity index (χ0v) is 10.3. The van der Waals surface area contributed by atoms with Gasteiger partial charge in [-0.15, -0.1) is 0 Å². The van der Waals surface area contributed by atoms with Crippen LogP contribution in [0, 0.1) is 0 Å². The van der Waals surface area contributed by atoms with Crippen molar-refractivity contribution in [2.45, 2.75) is 32.4 Å². The number of hydrogen-bond acceptors (Lipinski definition) is 2. The largest absolute Gasteiger partial charge is 0.478 e. The van der Waals surface area contributed by atoms with Crippen molar-refractivity contribution in [1.29, 1.82) is 0 Å². The molecule has 84 valence electrons. The molecule has 0 saturated carbocycles. The van der Waals surface area contributed by atoms with Crippen LogP contribution in [0.4, 0.5) is 0 Å². The first-order chi connectivity index (χ1) is 6.79. The molecule has 1 aromatic heterocycles. The molecule has 0 unspecified atom stereocenters. The van der Waals surface area contributed by atoms with E-state index >= 15 is 0 Å². The van der Waals surface area contributed by atoms with Gasteiger partial charge in [-0.1, -0.05) is 0 Å². The molecular weight excluding hydrogens is 262 g/mol. The van der Waals surface area contributed by atoms with Gasteiger partial charge in [-0.05, 0) is 42.3 Å². The predicted molar refractivity (Wildman–Crippen MR) is 60.0 cm³/mol. The lowest BCUT2D eigenvalue weighted by atomic mass is 10.1. The molecule has 1 heterocycles. The van der Waals surface area contributed by atoms with Crippen LogP contribution in [0.25, 0.3) is 0 Å². The van der Waals surface area contributed by atoms with Gasteiger partial charge in [0.25, 0.3) is 0 Å². The Bertz CT molecular complexity index is 365. The van der Waals surface area contributed by atoms with E-state index in [9.17, 15) is 9.90 Å². The van der Waals surface area contributed by atoms with Crippen molar-refractivity contribution in [1.82, 2.24) is 4.57 Å². The summed E-state index contributed by atoms with van der Waals surface area (Å²) < 4.78 is 2.48. The van der Waals surface area contributed by atoms with Gasteiger partial charge in [-0.25, -0.2) is 4.79 Å². The van der Waals surface area contributed by atoms with Crippen molar-refractivity contribution in [2.75, 3.05) is 0 Å². The maximum absolute atomic E-state index is 10.7. The van der Waals surface area contributed by atoms with Crippen molar-refractivity contribution in [3.8, 4) is 0 Å². The summed E-state index contributed by atoms with van der Waals surface area (Å²) >= 11 is 3.27. The fourth-order valence-electron chi connectivity index (χ4n) is 1.16. The summed E-state index contributed by atoms with van der Waals surface area (Å²) in [6, 6.07) is 1.55. The molecule has 1 aromatic rings. The van der Waals surface area contributed by atoms with Crippen LogP contribution in [-0.2, 0) is 6.54 Å². The Morgan fingerprint density at radius 3 is 2.60 bits per heavy atom. The van der Waals surface area contributed by atoms with Gasteiger partial charge in [-0.2, -0.15) is 0 Å². The number of nitrogens with zero attached hydrogens (tertiary/aromatic N) is 1. The van der Waals surface area contributed by atoms with Crippen molar-refractivity contribution >= 4 is 21.9 Å². The average molecular weight is 276 g/mol. The van der Waals surface area contributed by atoms with Crippen LogP contribution in [0.5, 0.6) is 0 Å². The Kier molecular flexibility index (Phi) is 3.57. The van der Waals surface area contributed by atoms with Gasteiger partial charge >= 0.3 is 5.97 Å². The lowest BCUT2D eigenvalue weighted by Crippen LogP contribution is -2.20. The van der Waals surface area contributed by atoms with E-state index in [2.05, 4.69) is 15.9 Å². The number of aromatic nitrogens is 1. The van der Waals surface area contributed by atoms with Crippen LogP contribution in [0.15, 0.2) is 16.9 Å². The van der Waals surface area contributed by atoms with E-state index in [1.54, 1.807) is 30.7 Å². The summed E-state index contributed by atoms with van der Waals surface area (Å²) in [7, 11) is 0. The minimum absolute atomic E-state index is 0.248. The lowest BCUT2D eigenvalue weighted by molar-refractivity contribution is 0.0661. The van der Waals surface area contributed by atoms with Crippen LogP contribution in [-0.4, -0.2) is 26.4 Å². The Hall–Kier alpha value is -0.810. The third-order valence-electron chi connectivity index (χ3n) is 2.06. The normalized spacial score (nSPS) is 11.7. The zero-order chi connectivity index (χ0) is 11.6. The molecule has 1 rings (SSSR count). The molecular formula is C10H14BrNO3. The van der Waals surface area contributed by atoms with E-state index in [0.29, 0.717) is 17.6 Å².